The number of nitrogens with one attached hydrogen (secondary N) is 1. The van der Waals surface area contributed by atoms with Gasteiger partial charge in [0.25, 0.3) is 0 Å². The molecule has 5 heteroatoms. The quantitative estimate of drug-likeness (QED) is 0.915. The van der Waals surface area contributed by atoms with Crippen molar-refractivity contribution in [1.29, 1.82) is 0 Å². The summed E-state index contributed by atoms with van der Waals surface area (Å²) in [6.45, 7) is 12.4. The SMILES string of the molecule is CCCN1C(=O)C(C)(C)COc2cc(NC(=O)C(C)(C)C)ccc21. The van der Waals surface area contributed by atoms with Gasteiger partial charge in [0.1, 0.15) is 12.4 Å². The first-order valence-electron chi connectivity index (χ1n) is 8.46. The van der Waals surface area contributed by atoms with E-state index >= 15 is 0 Å². The van der Waals surface area contributed by atoms with E-state index in [2.05, 4.69) is 5.32 Å². The summed E-state index contributed by atoms with van der Waals surface area (Å²) in [5.41, 5.74) is 0.390. The summed E-state index contributed by atoms with van der Waals surface area (Å²) in [6.07, 6.45) is 0.865. The second-order valence-electron chi connectivity index (χ2n) is 8.02. The third kappa shape index (κ3) is 3.71. The molecule has 0 aliphatic carbocycles. The van der Waals surface area contributed by atoms with Crippen LogP contribution in [0.5, 0.6) is 5.75 Å². The van der Waals surface area contributed by atoms with Crippen LogP contribution in [0.1, 0.15) is 48.0 Å². The number of carbonyl (C=O) groups excluding carboxylic acids is 2. The molecule has 1 aromatic rings. The Morgan fingerprint density at radius 3 is 2.58 bits per heavy atom. The van der Waals surface area contributed by atoms with Crippen molar-refractivity contribution in [3.05, 3.63) is 18.2 Å². The maximum absolute atomic E-state index is 12.8. The van der Waals surface area contributed by atoms with Gasteiger partial charge in [-0.3, -0.25) is 9.59 Å². The lowest BCUT2D eigenvalue weighted by Gasteiger charge is -2.27. The van der Waals surface area contributed by atoms with Crippen molar-refractivity contribution in [2.24, 2.45) is 10.8 Å². The Labute approximate surface area is 144 Å². The Morgan fingerprint density at radius 2 is 2.00 bits per heavy atom. The second kappa shape index (κ2) is 6.46. The van der Waals surface area contributed by atoms with Crippen molar-refractivity contribution >= 4 is 23.2 Å². The zero-order valence-electron chi connectivity index (χ0n) is 15.5. The summed E-state index contributed by atoms with van der Waals surface area (Å²) in [5, 5.41) is 2.91. The lowest BCUT2D eigenvalue weighted by atomic mass is 9.93. The fourth-order valence-electron chi connectivity index (χ4n) is 2.49. The van der Waals surface area contributed by atoms with E-state index in [9.17, 15) is 9.59 Å². The Bertz CT molecular complexity index is 645. The van der Waals surface area contributed by atoms with Crippen LogP contribution in [0.3, 0.4) is 0 Å². The van der Waals surface area contributed by atoms with E-state index < -0.39 is 10.8 Å². The molecule has 0 radical (unpaired) electrons. The average molecular weight is 332 g/mol. The Kier molecular flexibility index (Phi) is 4.92. The van der Waals surface area contributed by atoms with Crippen LogP contribution in [0.25, 0.3) is 0 Å². The molecule has 132 valence electrons. The third-order valence-corrected chi connectivity index (χ3v) is 4.05. The molecule has 0 unspecified atom stereocenters. The van der Waals surface area contributed by atoms with Crippen LogP contribution in [0.2, 0.25) is 0 Å². The van der Waals surface area contributed by atoms with Gasteiger partial charge in [-0.15, -0.1) is 0 Å². The predicted octanol–water partition coefficient (Wildman–Crippen LogP) is 3.83. The first-order valence-corrected chi connectivity index (χ1v) is 8.46. The lowest BCUT2D eigenvalue weighted by molar-refractivity contribution is -0.127. The lowest BCUT2D eigenvalue weighted by Crippen LogP contribution is -2.42. The van der Waals surface area contributed by atoms with Crippen LogP contribution in [-0.4, -0.2) is 25.0 Å². The molecule has 1 heterocycles. The van der Waals surface area contributed by atoms with Crippen LogP contribution >= 0.6 is 0 Å². The van der Waals surface area contributed by atoms with E-state index in [4.69, 9.17) is 4.74 Å². The second-order valence-corrected chi connectivity index (χ2v) is 8.02. The molecule has 1 aliphatic heterocycles. The summed E-state index contributed by atoms with van der Waals surface area (Å²) >= 11 is 0. The van der Waals surface area contributed by atoms with Gasteiger partial charge < -0.3 is 15.0 Å². The van der Waals surface area contributed by atoms with Gasteiger partial charge in [0, 0.05) is 23.7 Å². The van der Waals surface area contributed by atoms with Crippen molar-refractivity contribution in [3.8, 4) is 5.75 Å². The van der Waals surface area contributed by atoms with Gasteiger partial charge in [-0.25, -0.2) is 0 Å². The van der Waals surface area contributed by atoms with Gasteiger partial charge in [-0.05, 0) is 32.4 Å². The molecule has 1 N–H and O–H groups in total. The average Bonchev–Trinajstić information content (AvgIpc) is 2.57. The summed E-state index contributed by atoms with van der Waals surface area (Å²) in [5.74, 6) is 0.640. The molecule has 0 spiro atoms. The summed E-state index contributed by atoms with van der Waals surface area (Å²) in [6, 6.07) is 5.47. The topological polar surface area (TPSA) is 58.6 Å². The molecule has 0 atom stereocenters. The molecule has 1 aromatic carbocycles. The fraction of sp³-hybridized carbons (Fsp3) is 0.579. The molecular weight excluding hydrogens is 304 g/mol. The smallest absolute Gasteiger partial charge is 0.236 e. The van der Waals surface area contributed by atoms with Crippen LogP contribution in [0, 0.1) is 10.8 Å². The minimum Gasteiger partial charge on any atom is -0.490 e. The zero-order valence-corrected chi connectivity index (χ0v) is 15.5. The largest absolute Gasteiger partial charge is 0.490 e. The van der Waals surface area contributed by atoms with Crippen molar-refractivity contribution in [1.82, 2.24) is 0 Å². The van der Waals surface area contributed by atoms with E-state index in [-0.39, 0.29) is 11.8 Å². The molecule has 0 fully saturated rings. The number of nitrogens with zero attached hydrogens (tertiary/aromatic N) is 1. The highest BCUT2D eigenvalue weighted by molar-refractivity contribution is 6.00. The van der Waals surface area contributed by atoms with Gasteiger partial charge in [0.15, 0.2) is 0 Å². The molecule has 0 saturated heterocycles. The molecule has 0 saturated carbocycles. The van der Waals surface area contributed by atoms with E-state index in [1.54, 1.807) is 11.0 Å². The normalized spacial score (nSPS) is 16.9. The van der Waals surface area contributed by atoms with E-state index in [1.165, 1.54) is 0 Å². The van der Waals surface area contributed by atoms with E-state index in [0.717, 1.165) is 12.1 Å². The number of anilines is 2. The highest BCUT2D eigenvalue weighted by Crippen LogP contribution is 2.38. The number of hydrogen-bond acceptors (Lipinski definition) is 3. The zero-order chi connectivity index (χ0) is 18.1. The van der Waals surface area contributed by atoms with Crippen LogP contribution in [0.4, 0.5) is 11.4 Å². The molecule has 2 amide bonds. The molecule has 0 bridgehead atoms. The fourth-order valence-corrected chi connectivity index (χ4v) is 2.49. The monoisotopic (exact) mass is 332 g/mol. The Hall–Kier alpha value is -2.04. The summed E-state index contributed by atoms with van der Waals surface area (Å²) in [4.78, 5) is 26.8. The highest BCUT2D eigenvalue weighted by Gasteiger charge is 2.37. The number of amides is 2. The summed E-state index contributed by atoms with van der Waals surface area (Å²) in [7, 11) is 0. The molecule has 24 heavy (non-hydrogen) atoms. The van der Waals surface area contributed by atoms with E-state index in [1.807, 2.05) is 53.7 Å². The highest BCUT2D eigenvalue weighted by atomic mass is 16.5. The number of ether oxygens (including phenoxy) is 1. The molecule has 2 rings (SSSR count). The van der Waals surface area contributed by atoms with Gasteiger partial charge in [-0.2, -0.15) is 0 Å². The van der Waals surface area contributed by atoms with Gasteiger partial charge in [0.2, 0.25) is 11.8 Å². The molecular formula is C19H28N2O3. The molecule has 5 nitrogen and oxygen atoms in total. The van der Waals surface area contributed by atoms with Crippen molar-refractivity contribution < 1.29 is 14.3 Å². The van der Waals surface area contributed by atoms with E-state index in [0.29, 0.717) is 24.6 Å². The minimum atomic E-state index is -0.580. The van der Waals surface area contributed by atoms with Crippen molar-refractivity contribution in [3.63, 3.8) is 0 Å². The maximum atomic E-state index is 12.8. The Morgan fingerprint density at radius 1 is 1.33 bits per heavy atom. The number of rotatable bonds is 3. The minimum absolute atomic E-state index is 0.0575. The number of hydrogen-bond donors (Lipinski definition) is 1. The van der Waals surface area contributed by atoms with Gasteiger partial charge in [0.05, 0.1) is 11.1 Å². The number of fused-ring (bicyclic) bond motifs is 1. The van der Waals surface area contributed by atoms with Crippen LogP contribution in [0.15, 0.2) is 18.2 Å². The van der Waals surface area contributed by atoms with Crippen LogP contribution < -0.4 is 15.0 Å². The predicted molar refractivity (Wildman–Crippen MR) is 96.4 cm³/mol. The molecule has 1 aliphatic rings. The number of benzene rings is 1. The first-order chi connectivity index (χ1) is 11.1. The van der Waals surface area contributed by atoms with Crippen LogP contribution in [-0.2, 0) is 9.59 Å². The van der Waals surface area contributed by atoms with Gasteiger partial charge in [-0.1, -0.05) is 27.7 Å². The third-order valence-electron chi connectivity index (χ3n) is 4.05. The maximum Gasteiger partial charge on any atom is 0.236 e. The Balaban J connectivity index is 2.37. The number of carbonyl (C=O) groups is 2. The first kappa shape index (κ1) is 18.3. The van der Waals surface area contributed by atoms with Crippen molar-refractivity contribution in [2.45, 2.75) is 48.0 Å². The summed E-state index contributed by atoms with van der Waals surface area (Å²) < 4.78 is 5.90. The molecule has 0 aromatic heterocycles. The van der Waals surface area contributed by atoms with Gasteiger partial charge >= 0.3 is 0 Å². The standard InChI is InChI=1S/C19H28N2O3/c1-7-10-21-14-9-8-13(20-16(22)18(2,3)4)11-15(14)24-12-19(5,6)17(21)23/h8-9,11H,7,10,12H2,1-6H3,(H,20,22). The van der Waals surface area contributed by atoms with Crippen molar-refractivity contribution in [2.75, 3.05) is 23.4 Å².